The Bertz CT molecular complexity index is 636. The van der Waals surface area contributed by atoms with Crippen LogP contribution in [0.15, 0.2) is 24.3 Å². The molecule has 1 aromatic rings. The van der Waals surface area contributed by atoms with Crippen molar-refractivity contribution < 1.29 is 14.4 Å². The average molecular weight is 343 g/mol. The fourth-order valence-electron chi connectivity index (χ4n) is 3.36. The lowest BCUT2D eigenvalue weighted by molar-refractivity contribution is -0.130. The van der Waals surface area contributed by atoms with E-state index in [1.807, 2.05) is 21.9 Å². The number of likely N-dealkylation sites (tertiary alicyclic amines) is 2. The highest BCUT2D eigenvalue weighted by molar-refractivity contribution is 5.94. The van der Waals surface area contributed by atoms with E-state index in [0.29, 0.717) is 31.5 Å². The van der Waals surface area contributed by atoms with Crippen molar-refractivity contribution in [2.24, 2.45) is 0 Å². The Morgan fingerprint density at radius 3 is 2.36 bits per heavy atom. The zero-order chi connectivity index (χ0) is 17.6. The summed E-state index contributed by atoms with van der Waals surface area (Å²) in [5, 5.41) is 2.80. The van der Waals surface area contributed by atoms with Gasteiger partial charge in [0.15, 0.2) is 0 Å². The van der Waals surface area contributed by atoms with Crippen molar-refractivity contribution in [2.75, 3.05) is 26.2 Å². The summed E-state index contributed by atoms with van der Waals surface area (Å²) in [6, 6.07) is 7.31. The van der Waals surface area contributed by atoms with Gasteiger partial charge in [0, 0.05) is 51.1 Å². The molecule has 0 bridgehead atoms. The molecule has 2 aliphatic rings. The molecule has 6 nitrogen and oxygen atoms in total. The topological polar surface area (TPSA) is 69.7 Å². The predicted molar refractivity (Wildman–Crippen MR) is 93.9 cm³/mol. The number of carbonyl (C=O) groups excluding carboxylic acids is 3. The van der Waals surface area contributed by atoms with Crippen LogP contribution in [-0.4, -0.2) is 53.7 Å². The summed E-state index contributed by atoms with van der Waals surface area (Å²) in [4.78, 5) is 39.5. The van der Waals surface area contributed by atoms with Gasteiger partial charge < -0.3 is 15.1 Å². The van der Waals surface area contributed by atoms with Gasteiger partial charge in [0.25, 0.3) is 5.91 Å². The summed E-state index contributed by atoms with van der Waals surface area (Å²) in [6.07, 6.45) is 4.06. The molecule has 6 heteroatoms. The van der Waals surface area contributed by atoms with E-state index in [1.54, 1.807) is 12.1 Å². The normalized spacial score (nSPS) is 17.2. The Morgan fingerprint density at radius 2 is 1.72 bits per heavy atom. The van der Waals surface area contributed by atoms with E-state index >= 15 is 0 Å². The summed E-state index contributed by atoms with van der Waals surface area (Å²) in [6.45, 7) is 3.46. The minimum Gasteiger partial charge on any atom is -0.352 e. The third-order valence-electron chi connectivity index (χ3n) is 4.84. The van der Waals surface area contributed by atoms with Crippen molar-refractivity contribution >= 4 is 17.7 Å². The van der Waals surface area contributed by atoms with Gasteiger partial charge in [-0.25, -0.2) is 0 Å². The molecule has 25 heavy (non-hydrogen) atoms. The Labute approximate surface area is 148 Å². The van der Waals surface area contributed by atoms with Crippen LogP contribution in [0.2, 0.25) is 0 Å². The number of nitrogens with zero attached hydrogens (tertiary/aromatic N) is 2. The highest BCUT2D eigenvalue weighted by Crippen LogP contribution is 2.15. The number of rotatable bonds is 6. The van der Waals surface area contributed by atoms with E-state index in [4.69, 9.17) is 0 Å². The Balaban J connectivity index is 1.44. The van der Waals surface area contributed by atoms with Crippen LogP contribution in [0, 0.1) is 0 Å². The van der Waals surface area contributed by atoms with Crippen LogP contribution in [0.5, 0.6) is 0 Å². The van der Waals surface area contributed by atoms with Gasteiger partial charge in [-0.2, -0.15) is 0 Å². The van der Waals surface area contributed by atoms with E-state index in [-0.39, 0.29) is 17.7 Å². The first kappa shape index (κ1) is 17.5. The van der Waals surface area contributed by atoms with Crippen LogP contribution in [0.1, 0.15) is 48.0 Å². The second-order valence-corrected chi connectivity index (χ2v) is 6.71. The molecule has 1 N–H and O–H groups in total. The van der Waals surface area contributed by atoms with Crippen molar-refractivity contribution in [3.63, 3.8) is 0 Å². The number of amides is 3. The molecule has 0 spiro atoms. The van der Waals surface area contributed by atoms with Crippen LogP contribution >= 0.6 is 0 Å². The molecule has 0 aromatic heterocycles. The van der Waals surface area contributed by atoms with Crippen molar-refractivity contribution in [1.29, 1.82) is 0 Å². The zero-order valence-electron chi connectivity index (χ0n) is 14.5. The smallest absolute Gasteiger partial charge is 0.251 e. The third kappa shape index (κ3) is 4.59. The number of nitrogens with one attached hydrogen (secondary N) is 1. The van der Waals surface area contributed by atoms with E-state index in [2.05, 4.69) is 5.32 Å². The Kier molecular flexibility index (Phi) is 5.68. The molecule has 134 valence electrons. The second-order valence-electron chi connectivity index (χ2n) is 6.71. The van der Waals surface area contributed by atoms with E-state index in [9.17, 15) is 14.4 Å². The highest BCUT2D eigenvalue weighted by atomic mass is 16.2. The number of hydrogen-bond donors (Lipinski definition) is 1. The van der Waals surface area contributed by atoms with Gasteiger partial charge in [-0.05, 0) is 37.0 Å². The van der Waals surface area contributed by atoms with Crippen LogP contribution in [0.4, 0.5) is 0 Å². The monoisotopic (exact) mass is 343 g/mol. The highest BCUT2D eigenvalue weighted by Gasteiger charge is 2.20. The lowest BCUT2D eigenvalue weighted by atomic mass is 10.1. The molecule has 2 aliphatic heterocycles. The van der Waals surface area contributed by atoms with E-state index < -0.39 is 0 Å². The maximum absolute atomic E-state index is 12.2. The van der Waals surface area contributed by atoms with Crippen molar-refractivity contribution in [1.82, 2.24) is 15.1 Å². The van der Waals surface area contributed by atoms with Gasteiger partial charge in [0.05, 0.1) is 0 Å². The van der Waals surface area contributed by atoms with Gasteiger partial charge >= 0.3 is 0 Å². The molecule has 0 atom stereocenters. The number of benzene rings is 1. The molecule has 2 fully saturated rings. The summed E-state index contributed by atoms with van der Waals surface area (Å²) >= 11 is 0. The first-order chi connectivity index (χ1) is 12.1. The summed E-state index contributed by atoms with van der Waals surface area (Å²) in [5.41, 5.74) is 1.60. The molecule has 1 aromatic carbocycles. The number of hydrogen-bond acceptors (Lipinski definition) is 3. The lowest BCUT2D eigenvalue weighted by Gasteiger charge is -2.16. The van der Waals surface area contributed by atoms with Gasteiger partial charge in [-0.15, -0.1) is 0 Å². The zero-order valence-corrected chi connectivity index (χ0v) is 14.5. The standard InChI is InChI=1S/C19H25N3O3/c23-17-4-3-13-22(17)14-15-5-7-16(8-6-15)19(25)20-10-9-18(24)21-11-1-2-12-21/h5-8H,1-4,9-14H2,(H,20,25). The molecule has 3 rings (SSSR count). The fraction of sp³-hybridized carbons (Fsp3) is 0.526. The molecule has 2 heterocycles. The fourth-order valence-corrected chi connectivity index (χ4v) is 3.36. The van der Waals surface area contributed by atoms with Crippen LogP contribution in [0.25, 0.3) is 0 Å². The first-order valence-corrected chi connectivity index (χ1v) is 9.06. The maximum atomic E-state index is 12.2. The van der Waals surface area contributed by atoms with Gasteiger partial charge in [-0.3, -0.25) is 14.4 Å². The van der Waals surface area contributed by atoms with E-state index in [0.717, 1.165) is 44.5 Å². The largest absolute Gasteiger partial charge is 0.352 e. The van der Waals surface area contributed by atoms with Crippen LogP contribution in [0.3, 0.4) is 0 Å². The molecule has 0 aliphatic carbocycles. The van der Waals surface area contributed by atoms with Crippen molar-refractivity contribution in [2.45, 2.75) is 38.6 Å². The third-order valence-corrected chi connectivity index (χ3v) is 4.84. The summed E-state index contributed by atoms with van der Waals surface area (Å²) in [7, 11) is 0. The Hall–Kier alpha value is -2.37. The van der Waals surface area contributed by atoms with Gasteiger partial charge in [-0.1, -0.05) is 12.1 Å². The molecule has 0 radical (unpaired) electrons. The van der Waals surface area contributed by atoms with Crippen LogP contribution < -0.4 is 5.32 Å². The molecule has 2 saturated heterocycles. The predicted octanol–water partition coefficient (Wildman–Crippen LogP) is 1.55. The minimum absolute atomic E-state index is 0.114. The van der Waals surface area contributed by atoms with Gasteiger partial charge in [0.2, 0.25) is 11.8 Å². The van der Waals surface area contributed by atoms with Gasteiger partial charge in [0.1, 0.15) is 0 Å². The Morgan fingerprint density at radius 1 is 1.00 bits per heavy atom. The average Bonchev–Trinajstić information content (AvgIpc) is 3.28. The van der Waals surface area contributed by atoms with Crippen molar-refractivity contribution in [3.05, 3.63) is 35.4 Å². The molecular weight excluding hydrogens is 318 g/mol. The lowest BCUT2D eigenvalue weighted by Crippen LogP contribution is -2.32. The molecule has 0 saturated carbocycles. The summed E-state index contributed by atoms with van der Waals surface area (Å²) in [5.74, 6) is 0.144. The maximum Gasteiger partial charge on any atom is 0.251 e. The molecule has 3 amide bonds. The van der Waals surface area contributed by atoms with Crippen molar-refractivity contribution in [3.8, 4) is 0 Å². The molecule has 0 unspecified atom stereocenters. The minimum atomic E-state index is -0.168. The second kappa shape index (κ2) is 8.14. The quantitative estimate of drug-likeness (QED) is 0.852. The van der Waals surface area contributed by atoms with Crippen LogP contribution in [-0.2, 0) is 16.1 Å². The number of carbonyl (C=O) groups is 3. The first-order valence-electron chi connectivity index (χ1n) is 9.06. The van der Waals surface area contributed by atoms with E-state index in [1.165, 1.54) is 0 Å². The summed E-state index contributed by atoms with van der Waals surface area (Å²) < 4.78 is 0. The SMILES string of the molecule is O=C(NCCC(=O)N1CCCC1)c1ccc(CN2CCCC2=O)cc1. The molecular formula is C19H25N3O3.